The maximum absolute atomic E-state index is 12.4. The molecule has 0 bridgehead atoms. The second-order valence-corrected chi connectivity index (χ2v) is 4.04. The van der Waals surface area contributed by atoms with E-state index >= 15 is 0 Å². The van der Waals surface area contributed by atoms with Crippen LogP contribution in [0, 0.1) is 0 Å². The Morgan fingerprint density at radius 2 is 1.80 bits per heavy atom. The maximum Gasteiger partial charge on any atom is 0.416 e. The monoisotopic (exact) mass is 285 g/mol. The van der Waals surface area contributed by atoms with Crippen molar-refractivity contribution in [1.29, 1.82) is 0 Å². The average Bonchev–Trinajstić information content (AvgIpc) is 2.81. The van der Waals surface area contributed by atoms with E-state index < -0.39 is 17.6 Å². The van der Waals surface area contributed by atoms with Crippen molar-refractivity contribution in [3.05, 3.63) is 57.5 Å². The predicted octanol–water partition coefficient (Wildman–Crippen LogP) is 1.65. The molecule has 0 atom stereocenters. The van der Waals surface area contributed by atoms with Crippen LogP contribution >= 0.6 is 0 Å². The zero-order valence-corrected chi connectivity index (χ0v) is 10.0. The van der Waals surface area contributed by atoms with E-state index in [0.717, 1.165) is 24.3 Å². The highest BCUT2D eigenvalue weighted by Gasteiger charge is 2.30. The van der Waals surface area contributed by atoms with Crippen LogP contribution in [0.15, 0.2) is 35.1 Å². The van der Waals surface area contributed by atoms with Crippen molar-refractivity contribution in [2.24, 2.45) is 0 Å². The number of benzene rings is 1. The van der Waals surface area contributed by atoms with Gasteiger partial charge in [0.1, 0.15) is 0 Å². The van der Waals surface area contributed by atoms with Crippen LogP contribution < -0.4 is 10.9 Å². The van der Waals surface area contributed by atoms with Gasteiger partial charge in [0.2, 0.25) is 0 Å². The molecule has 1 aromatic heterocycles. The van der Waals surface area contributed by atoms with E-state index in [2.05, 4.69) is 15.5 Å². The molecule has 8 heteroatoms. The van der Waals surface area contributed by atoms with E-state index in [1.165, 1.54) is 6.07 Å². The van der Waals surface area contributed by atoms with E-state index in [9.17, 15) is 22.8 Å². The third-order valence-corrected chi connectivity index (χ3v) is 2.57. The van der Waals surface area contributed by atoms with Gasteiger partial charge < -0.3 is 10.4 Å². The summed E-state index contributed by atoms with van der Waals surface area (Å²) in [6.45, 7) is 0.0681. The van der Waals surface area contributed by atoms with E-state index in [4.69, 9.17) is 0 Å². The topological polar surface area (TPSA) is 77.8 Å². The second-order valence-electron chi connectivity index (χ2n) is 4.04. The first-order valence-corrected chi connectivity index (χ1v) is 5.58. The van der Waals surface area contributed by atoms with Gasteiger partial charge in [0, 0.05) is 11.6 Å². The minimum absolute atomic E-state index is 0.0681. The zero-order chi connectivity index (χ0) is 14.8. The molecule has 0 radical (unpaired) electrons. The highest BCUT2D eigenvalue weighted by atomic mass is 19.4. The summed E-state index contributed by atoms with van der Waals surface area (Å²) >= 11 is 0. The number of carbonyl (C=O) groups is 1. The lowest BCUT2D eigenvalue weighted by atomic mass is 10.1. The standard InChI is InChI=1S/C12H10F3N3O2/c13-12(14,15)8-3-1-7(2-4-8)11(20)16-6-9-5-10(19)18-17-9/h1-5H,6H2,(H,16,20)(H2,17,18,19). The Kier molecular flexibility index (Phi) is 3.64. The molecular weight excluding hydrogens is 275 g/mol. The SMILES string of the molecule is O=C(NCc1cc(=O)[nH][nH]1)c1ccc(C(F)(F)F)cc1. The second kappa shape index (κ2) is 5.24. The minimum Gasteiger partial charge on any atom is -0.346 e. The number of aromatic amines is 2. The summed E-state index contributed by atoms with van der Waals surface area (Å²) in [6.07, 6.45) is -4.43. The first kappa shape index (κ1) is 13.9. The maximum atomic E-state index is 12.4. The number of hydrogen-bond acceptors (Lipinski definition) is 2. The first-order chi connectivity index (χ1) is 9.36. The normalized spacial score (nSPS) is 11.3. The van der Waals surface area contributed by atoms with Crippen molar-refractivity contribution in [3.8, 4) is 0 Å². The molecule has 1 amide bonds. The van der Waals surface area contributed by atoms with Crippen LogP contribution in [0.4, 0.5) is 13.2 Å². The predicted molar refractivity (Wildman–Crippen MR) is 64.0 cm³/mol. The number of nitrogens with one attached hydrogen (secondary N) is 3. The summed E-state index contributed by atoms with van der Waals surface area (Å²) in [7, 11) is 0. The molecule has 1 aromatic carbocycles. The van der Waals surface area contributed by atoms with Gasteiger partial charge in [0.15, 0.2) is 0 Å². The lowest BCUT2D eigenvalue weighted by Gasteiger charge is -2.07. The number of aromatic nitrogens is 2. The molecule has 0 unspecified atom stereocenters. The molecule has 2 aromatic rings. The number of carbonyl (C=O) groups excluding carboxylic acids is 1. The van der Waals surface area contributed by atoms with E-state index in [-0.39, 0.29) is 17.7 Å². The van der Waals surface area contributed by atoms with Gasteiger partial charge in [-0.25, -0.2) is 0 Å². The van der Waals surface area contributed by atoms with Gasteiger partial charge in [-0.3, -0.25) is 14.7 Å². The van der Waals surface area contributed by atoms with Crippen LogP contribution in [0.2, 0.25) is 0 Å². The van der Waals surface area contributed by atoms with Gasteiger partial charge in [-0.05, 0) is 24.3 Å². The Morgan fingerprint density at radius 3 is 2.30 bits per heavy atom. The van der Waals surface area contributed by atoms with Gasteiger partial charge in [-0.2, -0.15) is 13.2 Å². The van der Waals surface area contributed by atoms with Gasteiger partial charge >= 0.3 is 6.18 Å². The molecule has 0 aliphatic heterocycles. The van der Waals surface area contributed by atoms with Crippen molar-refractivity contribution < 1.29 is 18.0 Å². The Morgan fingerprint density at radius 1 is 1.15 bits per heavy atom. The fourth-order valence-electron chi connectivity index (χ4n) is 1.56. The van der Waals surface area contributed by atoms with Gasteiger partial charge in [0.25, 0.3) is 11.5 Å². The Hall–Kier alpha value is -2.51. The highest BCUT2D eigenvalue weighted by Crippen LogP contribution is 2.28. The summed E-state index contributed by atoms with van der Waals surface area (Å²) < 4.78 is 37.1. The quantitative estimate of drug-likeness (QED) is 0.802. The average molecular weight is 285 g/mol. The van der Waals surface area contributed by atoms with E-state index in [1.807, 2.05) is 0 Å². The lowest BCUT2D eigenvalue weighted by molar-refractivity contribution is -0.137. The van der Waals surface area contributed by atoms with Crippen molar-refractivity contribution in [2.45, 2.75) is 12.7 Å². The van der Waals surface area contributed by atoms with Crippen LogP contribution in [0.3, 0.4) is 0 Å². The molecular formula is C12H10F3N3O2. The summed E-state index contributed by atoms with van der Waals surface area (Å²) in [5, 5.41) is 7.32. The van der Waals surface area contributed by atoms with Crippen molar-refractivity contribution in [3.63, 3.8) is 0 Å². The van der Waals surface area contributed by atoms with E-state index in [1.54, 1.807) is 0 Å². The molecule has 3 N–H and O–H groups in total. The number of amides is 1. The molecule has 0 saturated carbocycles. The summed E-state index contributed by atoms with van der Waals surface area (Å²) in [4.78, 5) is 22.5. The Bertz CT molecular complexity index is 656. The smallest absolute Gasteiger partial charge is 0.346 e. The fourth-order valence-corrected chi connectivity index (χ4v) is 1.56. The lowest BCUT2D eigenvalue weighted by Crippen LogP contribution is -2.23. The van der Waals surface area contributed by atoms with Gasteiger partial charge in [0.05, 0.1) is 17.8 Å². The summed E-state index contributed by atoms with van der Waals surface area (Å²) in [6, 6.07) is 5.14. The summed E-state index contributed by atoms with van der Waals surface area (Å²) in [5.41, 5.74) is -0.570. The molecule has 0 aliphatic carbocycles. The van der Waals surface area contributed by atoms with Crippen LogP contribution in [-0.4, -0.2) is 16.1 Å². The van der Waals surface area contributed by atoms with Crippen molar-refractivity contribution in [2.75, 3.05) is 0 Å². The van der Waals surface area contributed by atoms with Crippen molar-refractivity contribution >= 4 is 5.91 Å². The fraction of sp³-hybridized carbons (Fsp3) is 0.167. The molecule has 0 fully saturated rings. The molecule has 20 heavy (non-hydrogen) atoms. The Balaban J connectivity index is 2.01. The number of H-pyrrole nitrogens is 2. The van der Waals surface area contributed by atoms with Crippen LogP contribution in [-0.2, 0) is 12.7 Å². The minimum atomic E-state index is -4.43. The Labute approximate surface area is 110 Å². The molecule has 1 heterocycles. The number of hydrogen-bond donors (Lipinski definition) is 3. The number of rotatable bonds is 3. The van der Waals surface area contributed by atoms with Crippen LogP contribution in [0.5, 0.6) is 0 Å². The largest absolute Gasteiger partial charge is 0.416 e. The van der Waals surface area contributed by atoms with Crippen molar-refractivity contribution in [1.82, 2.24) is 15.5 Å². The van der Waals surface area contributed by atoms with Crippen LogP contribution in [0.25, 0.3) is 0 Å². The summed E-state index contributed by atoms with van der Waals surface area (Å²) in [5.74, 6) is -0.527. The molecule has 0 aliphatic rings. The molecule has 0 spiro atoms. The van der Waals surface area contributed by atoms with Crippen LogP contribution in [0.1, 0.15) is 21.6 Å². The van der Waals surface area contributed by atoms with Gasteiger partial charge in [-0.15, -0.1) is 0 Å². The zero-order valence-electron chi connectivity index (χ0n) is 10.0. The van der Waals surface area contributed by atoms with E-state index in [0.29, 0.717) is 5.69 Å². The highest BCUT2D eigenvalue weighted by molar-refractivity contribution is 5.94. The first-order valence-electron chi connectivity index (χ1n) is 5.58. The molecule has 0 saturated heterocycles. The van der Waals surface area contributed by atoms with Gasteiger partial charge in [-0.1, -0.05) is 0 Å². The number of halogens is 3. The third kappa shape index (κ3) is 3.28. The third-order valence-electron chi connectivity index (χ3n) is 2.57. The molecule has 106 valence electrons. The number of alkyl halides is 3. The molecule has 2 rings (SSSR count). The molecule has 5 nitrogen and oxygen atoms in total.